The Morgan fingerprint density at radius 2 is 2.10 bits per heavy atom. The summed E-state index contributed by atoms with van der Waals surface area (Å²) in [6.45, 7) is 3.29. The van der Waals surface area contributed by atoms with Crippen molar-refractivity contribution in [2.24, 2.45) is 0 Å². The third kappa shape index (κ3) is 3.39. The minimum atomic E-state index is 0. The number of benzene rings is 1. The van der Waals surface area contributed by atoms with Gasteiger partial charge >= 0.3 is 0 Å². The van der Waals surface area contributed by atoms with E-state index in [-0.39, 0.29) is 12.4 Å². The summed E-state index contributed by atoms with van der Waals surface area (Å²) in [5, 5.41) is 7.79. The Labute approximate surface area is 126 Å². The molecule has 20 heavy (non-hydrogen) atoms. The molecule has 1 aliphatic rings. The number of hydrogen-bond acceptors (Lipinski definition) is 3. The highest BCUT2D eigenvalue weighted by Gasteiger charge is 2.21. The first-order valence-corrected chi connectivity index (χ1v) is 6.84. The molecule has 0 spiro atoms. The molecule has 0 aliphatic carbocycles. The van der Waals surface area contributed by atoms with Crippen LogP contribution in [0.2, 0.25) is 0 Å². The highest BCUT2D eigenvalue weighted by atomic mass is 35.5. The second kappa shape index (κ2) is 6.88. The van der Waals surface area contributed by atoms with Crippen LogP contribution in [0, 0.1) is 0 Å². The Kier molecular flexibility index (Phi) is 5.17. The monoisotopic (exact) mass is 292 g/mol. The second-order valence-corrected chi connectivity index (χ2v) is 5.14. The van der Waals surface area contributed by atoms with Crippen LogP contribution < -0.4 is 5.32 Å². The maximum absolute atomic E-state index is 4.44. The van der Waals surface area contributed by atoms with Gasteiger partial charge in [-0.3, -0.25) is 4.90 Å². The van der Waals surface area contributed by atoms with E-state index in [0.29, 0.717) is 6.04 Å². The summed E-state index contributed by atoms with van der Waals surface area (Å²) in [6.07, 6.45) is 5.34. The lowest BCUT2D eigenvalue weighted by molar-refractivity contribution is 0.322. The topological polar surface area (TPSA) is 33.1 Å². The molecular weight excluding hydrogens is 272 g/mol. The van der Waals surface area contributed by atoms with Crippen molar-refractivity contribution in [1.82, 2.24) is 20.0 Å². The summed E-state index contributed by atoms with van der Waals surface area (Å²) in [5.41, 5.74) is 2.39. The van der Waals surface area contributed by atoms with Crippen molar-refractivity contribution in [3.8, 4) is 5.69 Å². The number of nitrogens with one attached hydrogen (secondary N) is 1. The summed E-state index contributed by atoms with van der Waals surface area (Å²) in [7, 11) is 2.04. The van der Waals surface area contributed by atoms with Gasteiger partial charge in [0.25, 0.3) is 0 Å². The van der Waals surface area contributed by atoms with Crippen LogP contribution in [0.4, 0.5) is 0 Å². The summed E-state index contributed by atoms with van der Waals surface area (Å²) in [4.78, 5) is 2.48. The van der Waals surface area contributed by atoms with Crippen LogP contribution in [0.1, 0.15) is 12.0 Å². The molecule has 1 saturated heterocycles. The Hall–Kier alpha value is -1.36. The van der Waals surface area contributed by atoms with Gasteiger partial charge < -0.3 is 5.32 Å². The molecule has 4 nitrogen and oxygen atoms in total. The van der Waals surface area contributed by atoms with E-state index >= 15 is 0 Å². The van der Waals surface area contributed by atoms with Crippen LogP contribution in [0.25, 0.3) is 5.69 Å². The maximum atomic E-state index is 4.44. The van der Waals surface area contributed by atoms with E-state index in [1.54, 1.807) is 0 Å². The molecule has 1 aromatic heterocycles. The highest BCUT2D eigenvalue weighted by molar-refractivity contribution is 5.85. The van der Waals surface area contributed by atoms with Gasteiger partial charge in [0, 0.05) is 37.4 Å². The van der Waals surface area contributed by atoms with Gasteiger partial charge in [0.05, 0.1) is 11.9 Å². The van der Waals surface area contributed by atoms with Crippen LogP contribution in [0.15, 0.2) is 42.7 Å². The number of hydrogen-bond donors (Lipinski definition) is 1. The first-order valence-electron chi connectivity index (χ1n) is 6.84. The van der Waals surface area contributed by atoms with Crippen LogP contribution in [-0.2, 0) is 6.54 Å². The Bertz CT molecular complexity index is 526. The van der Waals surface area contributed by atoms with Crippen LogP contribution in [0.5, 0.6) is 0 Å². The summed E-state index contributed by atoms with van der Waals surface area (Å²) in [5.74, 6) is 0. The second-order valence-electron chi connectivity index (χ2n) is 5.14. The third-order valence-corrected chi connectivity index (χ3v) is 3.74. The molecule has 1 N–H and O–H groups in total. The first-order chi connectivity index (χ1) is 9.35. The van der Waals surface area contributed by atoms with E-state index in [1.165, 1.54) is 18.5 Å². The fourth-order valence-electron chi connectivity index (χ4n) is 2.63. The zero-order valence-corrected chi connectivity index (χ0v) is 12.5. The van der Waals surface area contributed by atoms with Gasteiger partial charge in [0.1, 0.15) is 0 Å². The fraction of sp³-hybridized carbons (Fsp3) is 0.400. The molecule has 0 bridgehead atoms. The zero-order chi connectivity index (χ0) is 13.1. The Morgan fingerprint density at radius 1 is 1.30 bits per heavy atom. The lowest BCUT2D eigenvalue weighted by atomic mass is 10.3. The number of nitrogens with zero attached hydrogens (tertiary/aromatic N) is 3. The van der Waals surface area contributed by atoms with E-state index in [1.807, 2.05) is 36.1 Å². The molecule has 0 radical (unpaired) electrons. The molecule has 5 heteroatoms. The predicted octanol–water partition coefficient (Wildman–Crippen LogP) is 2.09. The number of rotatable bonds is 4. The maximum Gasteiger partial charge on any atom is 0.0645 e. The average Bonchev–Trinajstić information content (AvgIpc) is 3.09. The average molecular weight is 293 g/mol. The molecular formula is C15H21ClN4. The largest absolute Gasteiger partial charge is 0.316 e. The number of likely N-dealkylation sites (N-methyl/N-ethyl adjacent to an activating group) is 1. The van der Waals surface area contributed by atoms with Gasteiger partial charge in [-0.15, -0.1) is 12.4 Å². The Balaban J connectivity index is 0.00000147. The SMILES string of the molecule is CNC1CCN(Cc2cnn(-c3ccccc3)c2)C1.Cl. The zero-order valence-electron chi connectivity index (χ0n) is 11.7. The van der Waals surface area contributed by atoms with Gasteiger partial charge in [-0.1, -0.05) is 18.2 Å². The summed E-state index contributed by atoms with van der Waals surface area (Å²) in [6, 6.07) is 10.9. The molecule has 108 valence electrons. The van der Waals surface area contributed by atoms with Crippen molar-refractivity contribution < 1.29 is 0 Å². The van der Waals surface area contributed by atoms with Crippen LogP contribution in [0.3, 0.4) is 0 Å². The number of para-hydroxylation sites is 1. The van der Waals surface area contributed by atoms with Crippen molar-refractivity contribution in [1.29, 1.82) is 0 Å². The third-order valence-electron chi connectivity index (χ3n) is 3.74. The van der Waals surface area contributed by atoms with Gasteiger partial charge in [-0.2, -0.15) is 5.10 Å². The number of halogens is 1. The normalized spacial score (nSPS) is 18.9. The lowest BCUT2D eigenvalue weighted by Crippen LogP contribution is -2.29. The Morgan fingerprint density at radius 3 is 2.80 bits per heavy atom. The van der Waals surface area contributed by atoms with E-state index in [4.69, 9.17) is 0 Å². The van der Waals surface area contributed by atoms with Crippen molar-refractivity contribution in [2.75, 3.05) is 20.1 Å². The number of likely N-dealkylation sites (tertiary alicyclic amines) is 1. The van der Waals surface area contributed by atoms with Gasteiger partial charge in [0.2, 0.25) is 0 Å². The lowest BCUT2D eigenvalue weighted by Gasteiger charge is -2.14. The first kappa shape index (κ1) is 15.0. The minimum absolute atomic E-state index is 0. The van der Waals surface area contributed by atoms with Crippen LogP contribution >= 0.6 is 12.4 Å². The van der Waals surface area contributed by atoms with E-state index in [2.05, 4.69) is 33.6 Å². The van der Waals surface area contributed by atoms with E-state index in [9.17, 15) is 0 Å². The van der Waals surface area contributed by atoms with Crippen molar-refractivity contribution in [3.05, 3.63) is 48.3 Å². The van der Waals surface area contributed by atoms with Crippen molar-refractivity contribution in [3.63, 3.8) is 0 Å². The smallest absolute Gasteiger partial charge is 0.0645 e. The fourth-order valence-corrected chi connectivity index (χ4v) is 2.63. The quantitative estimate of drug-likeness (QED) is 0.937. The van der Waals surface area contributed by atoms with E-state index < -0.39 is 0 Å². The number of aromatic nitrogens is 2. The molecule has 2 heterocycles. The van der Waals surface area contributed by atoms with Gasteiger partial charge in [-0.25, -0.2) is 4.68 Å². The molecule has 1 aromatic carbocycles. The summed E-state index contributed by atoms with van der Waals surface area (Å²) < 4.78 is 1.95. The molecule has 1 atom stereocenters. The van der Waals surface area contributed by atoms with Gasteiger partial charge in [0.15, 0.2) is 0 Å². The molecule has 0 saturated carbocycles. The molecule has 0 amide bonds. The molecule has 1 aliphatic heterocycles. The molecule has 2 aromatic rings. The van der Waals surface area contributed by atoms with Crippen molar-refractivity contribution >= 4 is 12.4 Å². The van der Waals surface area contributed by atoms with Crippen molar-refractivity contribution in [2.45, 2.75) is 19.0 Å². The molecule has 1 unspecified atom stereocenters. The van der Waals surface area contributed by atoms with Crippen LogP contribution in [-0.4, -0.2) is 40.9 Å². The predicted molar refractivity (Wildman–Crippen MR) is 83.6 cm³/mol. The highest BCUT2D eigenvalue weighted by Crippen LogP contribution is 2.14. The minimum Gasteiger partial charge on any atom is -0.316 e. The molecule has 1 fully saturated rings. The summed E-state index contributed by atoms with van der Waals surface area (Å²) >= 11 is 0. The molecule has 3 rings (SSSR count). The van der Waals surface area contributed by atoms with Gasteiger partial charge in [-0.05, 0) is 25.6 Å². The van der Waals surface area contributed by atoms with E-state index in [0.717, 1.165) is 18.8 Å². The standard InChI is InChI=1S/C15H20N4.ClH/c1-16-14-7-8-18(12-14)10-13-9-17-19(11-13)15-5-3-2-4-6-15;/h2-6,9,11,14,16H,7-8,10,12H2,1H3;1H.